The number of hydrogen-bond donors (Lipinski definition) is 1. The van der Waals surface area contributed by atoms with E-state index in [0.29, 0.717) is 11.8 Å². The summed E-state index contributed by atoms with van der Waals surface area (Å²) < 4.78 is 11.4. The van der Waals surface area contributed by atoms with Crippen LogP contribution in [0.1, 0.15) is 36.7 Å². The fourth-order valence-electron chi connectivity index (χ4n) is 2.20. The summed E-state index contributed by atoms with van der Waals surface area (Å²) >= 11 is 0. The number of rotatable bonds is 3. The maximum atomic E-state index is 11.0. The molecule has 4 heteroatoms. The van der Waals surface area contributed by atoms with Crippen molar-refractivity contribution in [3.63, 3.8) is 0 Å². The van der Waals surface area contributed by atoms with Gasteiger partial charge in [-0.3, -0.25) is 4.79 Å². The predicted molar refractivity (Wildman–Crippen MR) is 72.0 cm³/mol. The van der Waals surface area contributed by atoms with Crippen LogP contribution in [0, 0.1) is 0 Å². The number of ether oxygens (including phenoxy) is 2. The Kier molecular flexibility index (Phi) is 3.73. The lowest BCUT2D eigenvalue weighted by atomic mass is 10.1. The first kappa shape index (κ1) is 13.8. The normalized spacial score (nSPS) is 25.8. The third-order valence-corrected chi connectivity index (χ3v) is 3.05. The molecule has 1 aliphatic heterocycles. The van der Waals surface area contributed by atoms with E-state index in [1.807, 2.05) is 26.8 Å². The largest absolute Gasteiger partial charge is 0.507 e. The van der Waals surface area contributed by atoms with Gasteiger partial charge in [0.25, 0.3) is 0 Å². The van der Waals surface area contributed by atoms with Gasteiger partial charge in [0.1, 0.15) is 11.9 Å². The smallest absolute Gasteiger partial charge is 0.164 e. The Morgan fingerprint density at radius 2 is 2.05 bits per heavy atom. The summed E-state index contributed by atoms with van der Waals surface area (Å²) in [6, 6.07) is 4.95. The van der Waals surface area contributed by atoms with Crippen molar-refractivity contribution in [2.24, 2.45) is 0 Å². The van der Waals surface area contributed by atoms with Crippen LogP contribution in [-0.2, 0) is 9.47 Å². The van der Waals surface area contributed by atoms with Gasteiger partial charge in [0.15, 0.2) is 12.1 Å². The quantitative estimate of drug-likeness (QED) is 0.851. The van der Waals surface area contributed by atoms with E-state index in [0.717, 1.165) is 0 Å². The minimum Gasteiger partial charge on any atom is -0.507 e. The SMILES string of the molecule is CC1OC(C)(C)OC1/C=C/c1cccc(O)c1C=O. The molecule has 19 heavy (non-hydrogen) atoms. The maximum Gasteiger partial charge on any atom is 0.164 e. The average Bonchev–Trinajstić information content (AvgIpc) is 2.59. The summed E-state index contributed by atoms with van der Waals surface area (Å²) in [6.07, 6.45) is 4.05. The first-order valence-electron chi connectivity index (χ1n) is 6.24. The standard InChI is InChI=1S/C15H18O4/c1-10-14(19-15(2,3)18-10)8-7-11-5-4-6-13(17)12(11)9-16/h4-10,14,17H,1-3H3/b8-7+. The number of aromatic hydroxyl groups is 1. The van der Waals surface area contributed by atoms with Crippen LogP contribution in [0.3, 0.4) is 0 Å². The molecule has 4 nitrogen and oxygen atoms in total. The molecule has 1 aliphatic rings. The molecule has 0 radical (unpaired) electrons. The maximum absolute atomic E-state index is 11.0. The molecule has 1 N–H and O–H groups in total. The number of carbonyl (C=O) groups is 1. The van der Waals surface area contributed by atoms with Crippen molar-refractivity contribution in [1.29, 1.82) is 0 Å². The molecule has 0 bridgehead atoms. The van der Waals surface area contributed by atoms with Gasteiger partial charge in [0.2, 0.25) is 0 Å². The van der Waals surface area contributed by atoms with E-state index < -0.39 is 5.79 Å². The van der Waals surface area contributed by atoms with E-state index in [4.69, 9.17) is 9.47 Å². The van der Waals surface area contributed by atoms with Crippen LogP contribution in [0.5, 0.6) is 5.75 Å². The molecule has 0 saturated carbocycles. The Balaban J connectivity index is 2.20. The fourth-order valence-corrected chi connectivity index (χ4v) is 2.20. The van der Waals surface area contributed by atoms with Gasteiger partial charge in [0.05, 0.1) is 11.7 Å². The molecule has 2 atom stereocenters. The summed E-state index contributed by atoms with van der Waals surface area (Å²) in [5.41, 5.74) is 0.945. The molecule has 0 amide bonds. The second-order valence-corrected chi connectivity index (χ2v) is 5.06. The third kappa shape index (κ3) is 3.03. The van der Waals surface area contributed by atoms with Crippen LogP contribution in [0.4, 0.5) is 0 Å². The number of phenolic OH excluding ortho intramolecular Hbond substituents is 1. The first-order valence-corrected chi connectivity index (χ1v) is 6.24. The third-order valence-electron chi connectivity index (χ3n) is 3.05. The summed E-state index contributed by atoms with van der Waals surface area (Å²) in [7, 11) is 0. The summed E-state index contributed by atoms with van der Waals surface area (Å²) in [5.74, 6) is -0.616. The summed E-state index contributed by atoms with van der Waals surface area (Å²) in [5, 5.41) is 9.60. The van der Waals surface area contributed by atoms with Gasteiger partial charge >= 0.3 is 0 Å². The Bertz CT molecular complexity index is 505. The molecular formula is C15H18O4. The van der Waals surface area contributed by atoms with Gasteiger partial charge in [-0.15, -0.1) is 0 Å². The molecule has 2 rings (SSSR count). The minimum absolute atomic E-state index is 0.0193. The number of carbonyl (C=O) groups excluding carboxylic acids is 1. The van der Waals surface area contributed by atoms with Crippen molar-refractivity contribution >= 4 is 12.4 Å². The Hall–Kier alpha value is -1.65. The van der Waals surface area contributed by atoms with Gasteiger partial charge in [-0.2, -0.15) is 0 Å². The highest BCUT2D eigenvalue weighted by Gasteiger charge is 2.37. The summed E-state index contributed by atoms with van der Waals surface area (Å²) in [6.45, 7) is 5.66. The van der Waals surface area contributed by atoms with E-state index in [1.54, 1.807) is 18.2 Å². The highest BCUT2D eigenvalue weighted by molar-refractivity contribution is 5.85. The van der Waals surface area contributed by atoms with Crippen LogP contribution in [0.2, 0.25) is 0 Å². The topological polar surface area (TPSA) is 55.8 Å². The Labute approximate surface area is 112 Å². The lowest BCUT2D eigenvalue weighted by molar-refractivity contribution is -0.141. The van der Waals surface area contributed by atoms with Crippen molar-refractivity contribution in [2.45, 2.75) is 38.8 Å². The minimum atomic E-state index is -0.596. The second kappa shape index (κ2) is 5.15. The average molecular weight is 262 g/mol. The second-order valence-electron chi connectivity index (χ2n) is 5.06. The van der Waals surface area contributed by atoms with Crippen LogP contribution in [-0.4, -0.2) is 29.4 Å². The van der Waals surface area contributed by atoms with E-state index in [-0.39, 0.29) is 23.5 Å². The van der Waals surface area contributed by atoms with Crippen LogP contribution in [0.25, 0.3) is 6.08 Å². The van der Waals surface area contributed by atoms with Gasteiger partial charge in [-0.05, 0) is 32.4 Å². The zero-order valence-corrected chi connectivity index (χ0v) is 11.3. The lowest BCUT2D eigenvalue weighted by Gasteiger charge is -2.15. The number of aldehydes is 1. The Morgan fingerprint density at radius 1 is 1.32 bits per heavy atom. The van der Waals surface area contributed by atoms with E-state index in [1.165, 1.54) is 6.07 Å². The highest BCUT2D eigenvalue weighted by Crippen LogP contribution is 2.29. The molecule has 0 aromatic heterocycles. The molecule has 2 unspecified atom stereocenters. The first-order chi connectivity index (χ1) is 8.93. The van der Waals surface area contributed by atoms with Crippen LogP contribution in [0.15, 0.2) is 24.3 Å². The number of phenols is 1. The van der Waals surface area contributed by atoms with Crippen molar-refractivity contribution in [1.82, 2.24) is 0 Å². The Morgan fingerprint density at radius 3 is 2.63 bits per heavy atom. The van der Waals surface area contributed by atoms with Gasteiger partial charge in [-0.25, -0.2) is 0 Å². The van der Waals surface area contributed by atoms with Crippen LogP contribution >= 0.6 is 0 Å². The zero-order chi connectivity index (χ0) is 14.0. The number of benzene rings is 1. The molecule has 102 valence electrons. The van der Waals surface area contributed by atoms with Gasteiger partial charge < -0.3 is 14.6 Å². The van der Waals surface area contributed by atoms with Gasteiger partial charge in [-0.1, -0.05) is 24.3 Å². The van der Waals surface area contributed by atoms with Crippen molar-refractivity contribution < 1.29 is 19.4 Å². The van der Waals surface area contributed by atoms with Gasteiger partial charge in [0, 0.05) is 0 Å². The lowest BCUT2D eigenvalue weighted by Crippen LogP contribution is -2.20. The van der Waals surface area contributed by atoms with E-state index >= 15 is 0 Å². The fraction of sp³-hybridized carbons (Fsp3) is 0.400. The molecular weight excluding hydrogens is 244 g/mol. The molecule has 1 heterocycles. The zero-order valence-electron chi connectivity index (χ0n) is 11.3. The number of hydrogen-bond acceptors (Lipinski definition) is 4. The molecule has 1 fully saturated rings. The molecule has 1 aromatic rings. The van der Waals surface area contributed by atoms with Crippen LogP contribution < -0.4 is 0 Å². The summed E-state index contributed by atoms with van der Waals surface area (Å²) in [4.78, 5) is 11.0. The molecule has 1 aromatic carbocycles. The van der Waals surface area contributed by atoms with E-state index in [2.05, 4.69) is 0 Å². The highest BCUT2D eigenvalue weighted by atomic mass is 16.7. The van der Waals surface area contributed by atoms with Crippen molar-refractivity contribution in [3.05, 3.63) is 35.4 Å². The monoisotopic (exact) mass is 262 g/mol. The molecule has 0 aliphatic carbocycles. The van der Waals surface area contributed by atoms with E-state index in [9.17, 15) is 9.90 Å². The predicted octanol–water partition coefficient (Wildman–Crippen LogP) is 2.76. The molecule has 1 saturated heterocycles. The van der Waals surface area contributed by atoms with Crippen molar-refractivity contribution in [3.8, 4) is 5.75 Å². The van der Waals surface area contributed by atoms with Crippen molar-refractivity contribution in [2.75, 3.05) is 0 Å². The molecule has 0 spiro atoms.